The van der Waals surface area contributed by atoms with E-state index in [-0.39, 0.29) is 5.60 Å². The van der Waals surface area contributed by atoms with Crippen LogP contribution in [0.1, 0.15) is 12.8 Å². The Hall–Kier alpha value is -2.61. The molecule has 134 valence electrons. The number of amidine groups is 1. The fourth-order valence-corrected chi connectivity index (χ4v) is 4.19. The zero-order valence-electron chi connectivity index (χ0n) is 14.2. The third kappa shape index (κ3) is 2.70. The van der Waals surface area contributed by atoms with Gasteiger partial charge < -0.3 is 4.74 Å². The quantitative estimate of drug-likeness (QED) is 0.888. The number of halogens is 1. The highest BCUT2D eigenvalue weighted by Gasteiger charge is 2.51. The lowest BCUT2D eigenvalue weighted by Gasteiger charge is -2.50. The van der Waals surface area contributed by atoms with Gasteiger partial charge in [0.1, 0.15) is 23.6 Å². The molecule has 4 aliphatic heterocycles. The lowest BCUT2D eigenvalue weighted by Crippen LogP contribution is -2.61. The molecule has 4 aliphatic rings. The van der Waals surface area contributed by atoms with Crippen molar-refractivity contribution < 1.29 is 9.13 Å². The summed E-state index contributed by atoms with van der Waals surface area (Å²) in [6.07, 6.45) is 6.52. The zero-order valence-corrected chi connectivity index (χ0v) is 14.2. The molecule has 6 heterocycles. The van der Waals surface area contributed by atoms with Crippen molar-refractivity contribution in [2.45, 2.75) is 18.4 Å². The Morgan fingerprint density at radius 2 is 2.08 bits per heavy atom. The molecular weight excluding hydrogens is 335 g/mol. The first-order valence-electron chi connectivity index (χ1n) is 8.86. The van der Waals surface area contributed by atoms with Gasteiger partial charge in [0.25, 0.3) is 6.02 Å². The summed E-state index contributed by atoms with van der Waals surface area (Å²) < 4.78 is 19.6. The van der Waals surface area contributed by atoms with E-state index < -0.39 is 5.82 Å². The summed E-state index contributed by atoms with van der Waals surface area (Å²) in [6.45, 7) is 3.95. The smallest absolute Gasteiger partial charge is 0.291 e. The number of ether oxygens (including phenoxy) is 1. The standard InChI is InChI=1S/C18H19FN6O/c19-14-5-12(7-20-8-14)15-6-16(23-11-22-15)24-17-21-9-18(26-17)10-25-3-1-13(18)2-4-25/h5-8,11,13H,1-4,9-10H2,(H,21,22,23,24). The van der Waals surface area contributed by atoms with Crippen LogP contribution in [0.5, 0.6) is 0 Å². The number of pyridine rings is 1. The first kappa shape index (κ1) is 15.6. The number of nitrogens with zero attached hydrogens (tertiary/aromatic N) is 5. The lowest BCUT2D eigenvalue weighted by molar-refractivity contribution is -0.0829. The van der Waals surface area contributed by atoms with Crippen molar-refractivity contribution in [1.29, 1.82) is 0 Å². The molecule has 3 fully saturated rings. The van der Waals surface area contributed by atoms with Gasteiger partial charge >= 0.3 is 0 Å². The number of hydrogen-bond donors (Lipinski definition) is 1. The van der Waals surface area contributed by atoms with Crippen molar-refractivity contribution >= 4 is 11.8 Å². The normalized spacial score (nSPS) is 29.5. The van der Waals surface area contributed by atoms with Crippen molar-refractivity contribution in [3.8, 4) is 11.3 Å². The first-order valence-corrected chi connectivity index (χ1v) is 8.86. The minimum Gasteiger partial charge on any atom is -0.455 e. The molecule has 1 atom stereocenters. The van der Waals surface area contributed by atoms with E-state index in [4.69, 9.17) is 4.74 Å². The number of aliphatic imine (C=N–C) groups is 1. The first-order chi connectivity index (χ1) is 12.7. The fraction of sp³-hybridized carbons (Fsp3) is 0.444. The van der Waals surface area contributed by atoms with E-state index in [1.165, 1.54) is 25.2 Å². The average molecular weight is 354 g/mol. The molecule has 26 heavy (non-hydrogen) atoms. The van der Waals surface area contributed by atoms with Crippen LogP contribution in [0.15, 0.2) is 35.8 Å². The summed E-state index contributed by atoms with van der Waals surface area (Å²) >= 11 is 0. The summed E-state index contributed by atoms with van der Waals surface area (Å²) in [4.78, 5) is 19.3. The predicted octanol–water partition coefficient (Wildman–Crippen LogP) is 1.94. The highest BCUT2D eigenvalue weighted by Crippen LogP contribution is 2.40. The molecule has 7 nitrogen and oxygen atoms in total. The van der Waals surface area contributed by atoms with Crippen molar-refractivity contribution in [1.82, 2.24) is 19.9 Å². The Bertz CT molecular complexity index is 866. The van der Waals surface area contributed by atoms with E-state index in [2.05, 4.69) is 30.2 Å². The van der Waals surface area contributed by atoms with Crippen LogP contribution in [0.25, 0.3) is 11.3 Å². The Kier molecular flexibility index (Phi) is 3.59. The molecule has 2 bridgehead atoms. The second-order valence-electron chi connectivity index (χ2n) is 7.14. The molecule has 0 radical (unpaired) electrons. The summed E-state index contributed by atoms with van der Waals surface area (Å²) in [6, 6.07) is 3.63. The molecule has 2 aromatic heterocycles. The number of hydrogen-bond acceptors (Lipinski definition) is 7. The highest BCUT2D eigenvalue weighted by molar-refractivity contribution is 5.90. The molecular formula is C18H19FN6O. The van der Waals surface area contributed by atoms with Gasteiger partial charge in [-0.05, 0) is 32.0 Å². The highest BCUT2D eigenvalue weighted by atomic mass is 19.1. The number of fused-ring (bicyclic) bond motifs is 2. The van der Waals surface area contributed by atoms with E-state index in [0.717, 1.165) is 25.8 Å². The molecule has 3 saturated heterocycles. The van der Waals surface area contributed by atoms with E-state index >= 15 is 0 Å². The maximum atomic E-state index is 13.4. The van der Waals surface area contributed by atoms with E-state index in [1.54, 1.807) is 12.3 Å². The Morgan fingerprint density at radius 3 is 2.85 bits per heavy atom. The largest absolute Gasteiger partial charge is 0.455 e. The second kappa shape index (κ2) is 5.98. The number of nitrogens with one attached hydrogen (secondary N) is 1. The van der Waals surface area contributed by atoms with Crippen LogP contribution in [0.3, 0.4) is 0 Å². The third-order valence-electron chi connectivity index (χ3n) is 5.52. The van der Waals surface area contributed by atoms with Crippen molar-refractivity contribution in [3.05, 3.63) is 36.7 Å². The molecule has 0 aromatic carbocycles. The molecule has 1 unspecified atom stereocenters. The number of rotatable bonds is 2. The minimum atomic E-state index is -0.400. The van der Waals surface area contributed by atoms with E-state index in [9.17, 15) is 4.39 Å². The lowest BCUT2D eigenvalue weighted by atomic mass is 9.75. The van der Waals surface area contributed by atoms with E-state index in [1.807, 2.05) is 0 Å². The topological polar surface area (TPSA) is 75.5 Å². The Balaban J connectivity index is 1.32. The number of aromatic nitrogens is 3. The average Bonchev–Trinajstić information content (AvgIpc) is 3.05. The second-order valence-corrected chi connectivity index (χ2v) is 7.14. The molecule has 0 aliphatic carbocycles. The van der Waals surface area contributed by atoms with Gasteiger partial charge in [-0.15, -0.1) is 0 Å². The fourth-order valence-electron chi connectivity index (χ4n) is 4.19. The van der Waals surface area contributed by atoms with Crippen LogP contribution >= 0.6 is 0 Å². The molecule has 1 N–H and O–H groups in total. The van der Waals surface area contributed by atoms with Crippen LogP contribution in [0.2, 0.25) is 0 Å². The van der Waals surface area contributed by atoms with Gasteiger partial charge in [0.05, 0.1) is 18.4 Å². The molecule has 2 aromatic rings. The molecule has 6 rings (SSSR count). The van der Waals surface area contributed by atoms with Crippen LogP contribution in [-0.2, 0) is 4.74 Å². The van der Waals surface area contributed by atoms with Gasteiger partial charge in [0.2, 0.25) is 0 Å². The van der Waals surface area contributed by atoms with Gasteiger partial charge in [-0.25, -0.2) is 19.4 Å². The number of piperidine rings is 3. The Morgan fingerprint density at radius 1 is 1.19 bits per heavy atom. The van der Waals surface area contributed by atoms with Crippen molar-refractivity contribution in [2.75, 3.05) is 31.5 Å². The van der Waals surface area contributed by atoms with Crippen LogP contribution in [-0.4, -0.2) is 57.7 Å². The van der Waals surface area contributed by atoms with Gasteiger partial charge in [0.15, 0.2) is 0 Å². The molecule has 0 saturated carbocycles. The Labute approximate surface area is 150 Å². The van der Waals surface area contributed by atoms with Crippen molar-refractivity contribution in [3.63, 3.8) is 0 Å². The number of anilines is 1. The SMILES string of the molecule is Fc1cncc(-c2cc(NC3=NCC4(CN5CCC4CC5)O3)ncn2)c1. The summed E-state index contributed by atoms with van der Waals surface area (Å²) in [5.41, 5.74) is 0.991. The third-order valence-corrected chi connectivity index (χ3v) is 5.52. The predicted molar refractivity (Wildman–Crippen MR) is 94.1 cm³/mol. The molecule has 0 amide bonds. The van der Waals surface area contributed by atoms with Gasteiger partial charge in [-0.2, -0.15) is 0 Å². The maximum absolute atomic E-state index is 13.4. The van der Waals surface area contributed by atoms with Gasteiger partial charge in [-0.3, -0.25) is 15.2 Å². The van der Waals surface area contributed by atoms with Gasteiger partial charge in [-0.1, -0.05) is 0 Å². The zero-order chi connectivity index (χ0) is 17.6. The summed E-state index contributed by atoms with van der Waals surface area (Å²) in [7, 11) is 0. The monoisotopic (exact) mass is 354 g/mol. The van der Waals surface area contributed by atoms with Crippen molar-refractivity contribution in [2.24, 2.45) is 10.9 Å². The van der Waals surface area contributed by atoms with Crippen LogP contribution in [0.4, 0.5) is 10.2 Å². The molecule has 1 spiro atoms. The summed E-state index contributed by atoms with van der Waals surface area (Å²) in [5.74, 6) is 0.731. The van der Waals surface area contributed by atoms with Crippen LogP contribution in [0, 0.1) is 11.7 Å². The summed E-state index contributed by atoms with van der Waals surface area (Å²) in [5, 5.41) is 3.14. The van der Waals surface area contributed by atoms with E-state index in [0.29, 0.717) is 35.6 Å². The van der Waals surface area contributed by atoms with Gasteiger partial charge in [0, 0.05) is 30.3 Å². The maximum Gasteiger partial charge on any atom is 0.291 e. The minimum absolute atomic E-state index is 0.193. The molecule has 8 heteroatoms. The van der Waals surface area contributed by atoms with Crippen LogP contribution < -0.4 is 5.32 Å².